The minimum Gasteiger partial charge on any atom is -0.327 e. The van der Waals surface area contributed by atoms with Crippen LogP contribution in [0.25, 0.3) is 0 Å². The van der Waals surface area contributed by atoms with Gasteiger partial charge < -0.3 is 5.73 Å². The van der Waals surface area contributed by atoms with Crippen molar-refractivity contribution < 1.29 is 4.79 Å². The van der Waals surface area contributed by atoms with Crippen molar-refractivity contribution in [1.29, 1.82) is 0 Å². The molecule has 1 fully saturated rings. The van der Waals surface area contributed by atoms with Crippen LogP contribution in [0, 0.1) is 11.8 Å². The van der Waals surface area contributed by atoms with Gasteiger partial charge in [-0.2, -0.15) is 0 Å². The van der Waals surface area contributed by atoms with Crippen molar-refractivity contribution >= 4 is 5.78 Å². The van der Waals surface area contributed by atoms with E-state index in [2.05, 4.69) is 13.8 Å². The molecule has 0 amide bonds. The van der Waals surface area contributed by atoms with E-state index in [1.807, 2.05) is 0 Å². The molecule has 0 spiro atoms. The Balaban J connectivity index is 2.03. The number of carbonyl (C=O) groups excluding carboxylic acids is 1. The summed E-state index contributed by atoms with van der Waals surface area (Å²) >= 11 is 0. The molecule has 1 unspecified atom stereocenters. The van der Waals surface area contributed by atoms with Gasteiger partial charge in [-0.15, -0.1) is 0 Å². The van der Waals surface area contributed by atoms with Gasteiger partial charge in [-0.25, -0.2) is 0 Å². The first-order chi connectivity index (χ1) is 6.59. The molecular formula is C12H23NO. The first-order valence-corrected chi connectivity index (χ1v) is 5.87. The molecule has 14 heavy (non-hydrogen) atoms. The molecule has 0 aromatic heterocycles. The van der Waals surface area contributed by atoms with E-state index in [1.54, 1.807) is 0 Å². The van der Waals surface area contributed by atoms with E-state index in [0.29, 0.717) is 24.0 Å². The summed E-state index contributed by atoms with van der Waals surface area (Å²) in [5, 5.41) is 0. The summed E-state index contributed by atoms with van der Waals surface area (Å²) in [5.74, 6) is 1.73. The fourth-order valence-corrected chi connectivity index (χ4v) is 1.76. The average molecular weight is 197 g/mol. The minimum atomic E-state index is 0.154. The quantitative estimate of drug-likeness (QED) is 0.681. The van der Waals surface area contributed by atoms with Gasteiger partial charge in [0.15, 0.2) is 0 Å². The standard InChI is InChI=1S/C12H23NO/c1-9(2)4-3-5-11(14)8-12(13)10-6-7-10/h9-10,12H,3-8,13H2,1-2H3. The molecule has 1 aliphatic rings. The third-order valence-electron chi connectivity index (χ3n) is 2.93. The molecular weight excluding hydrogens is 174 g/mol. The lowest BCUT2D eigenvalue weighted by atomic mass is 10.0. The van der Waals surface area contributed by atoms with Gasteiger partial charge in [0, 0.05) is 18.9 Å². The highest BCUT2D eigenvalue weighted by atomic mass is 16.1. The third-order valence-corrected chi connectivity index (χ3v) is 2.93. The van der Waals surface area contributed by atoms with Crippen LogP contribution in [0.5, 0.6) is 0 Å². The highest BCUT2D eigenvalue weighted by Crippen LogP contribution is 2.33. The van der Waals surface area contributed by atoms with Crippen molar-refractivity contribution in [2.45, 2.75) is 58.4 Å². The largest absolute Gasteiger partial charge is 0.327 e. The topological polar surface area (TPSA) is 43.1 Å². The summed E-state index contributed by atoms with van der Waals surface area (Å²) in [6.07, 6.45) is 6.01. The zero-order chi connectivity index (χ0) is 10.6. The maximum atomic E-state index is 11.5. The molecule has 2 N–H and O–H groups in total. The van der Waals surface area contributed by atoms with E-state index in [9.17, 15) is 4.79 Å². The second kappa shape index (κ2) is 5.50. The highest BCUT2D eigenvalue weighted by molar-refractivity contribution is 5.79. The molecule has 0 aliphatic heterocycles. The van der Waals surface area contributed by atoms with Crippen molar-refractivity contribution in [1.82, 2.24) is 0 Å². The van der Waals surface area contributed by atoms with Crippen molar-refractivity contribution in [3.8, 4) is 0 Å². The van der Waals surface area contributed by atoms with E-state index >= 15 is 0 Å². The second-order valence-corrected chi connectivity index (χ2v) is 5.03. The number of ketones is 1. The summed E-state index contributed by atoms with van der Waals surface area (Å²) < 4.78 is 0. The van der Waals surface area contributed by atoms with E-state index in [4.69, 9.17) is 5.73 Å². The van der Waals surface area contributed by atoms with Crippen LogP contribution in [-0.4, -0.2) is 11.8 Å². The predicted molar refractivity (Wildman–Crippen MR) is 59.0 cm³/mol. The molecule has 1 atom stereocenters. The average Bonchev–Trinajstić information content (AvgIpc) is 2.84. The Labute approximate surface area is 87.2 Å². The van der Waals surface area contributed by atoms with E-state index < -0.39 is 0 Å². The summed E-state index contributed by atoms with van der Waals surface area (Å²) in [4.78, 5) is 11.5. The number of hydrogen-bond acceptors (Lipinski definition) is 2. The van der Waals surface area contributed by atoms with E-state index in [-0.39, 0.29) is 6.04 Å². The lowest BCUT2D eigenvalue weighted by Crippen LogP contribution is -2.25. The lowest BCUT2D eigenvalue weighted by molar-refractivity contribution is -0.119. The van der Waals surface area contributed by atoms with Gasteiger partial charge in [0.25, 0.3) is 0 Å². The molecule has 0 radical (unpaired) electrons. The van der Waals surface area contributed by atoms with Crippen LogP contribution in [0.3, 0.4) is 0 Å². The SMILES string of the molecule is CC(C)CCCC(=O)CC(N)C1CC1. The Morgan fingerprint density at radius 2 is 2.07 bits per heavy atom. The van der Waals surface area contributed by atoms with Gasteiger partial charge in [-0.3, -0.25) is 4.79 Å². The maximum Gasteiger partial charge on any atom is 0.134 e. The zero-order valence-corrected chi connectivity index (χ0v) is 9.46. The highest BCUT2D eigenvalue weighted by Gasteiger charge is 2.29. The van der Waals surface area contributed by atoms with Gasteiger partial charge >= 0.3 is 0 Å². The monoisotopic (exact) mass is 197 g/mol. The number of nitrogens with two attached hydrogens (primary N) is 1. The second-order valence-electron chi connectivity index (χ2n) is 5.03. The van der Waals surface area contributed by atoms with Crippen LogP contribution in [-0.2, 0) is 4.79 Å². The van der Waals surface area contributed by atoms with Crippen LogP contribution in [0.2, 0.25) is 0 Å². The van der Waals surface area contributed by atoms with Crippen molar-refractivity contribution in [2.75, 3.05) is 0 Å². The lowest BCUT2D eigenvalue weighted by Gasteiger charge is -2.09. The molecule has 2 nitrogen and oxygen atoms in total. The molecule has 0 heterocycles. The Kier molecular flexibility index (Phi) is 4.59. The first-order valence-electron chi connectivity index (χ1n) is 5.87. The normalized spacial score (nSPS) is 18.6. The van der Waals surface area contributed by atoms with Gasteiger partial charge in [0.1, 0.15) is 5.78 Å². The van der Waals surface area contributed by atoms with E-state index in [1.165, 1.54) is 12.8 Å². The van der Waals surface area contributed by atoms with Crippen molar-refractivity contribution in [3.05, 3.63) is 0 Å². The molecule has 82 valence electrons. The summed E-state index contributed by atoms with van der Waals surface area (Å²) in [7, 11) is 0. The maximum absolute atomic E-state index is 11.5. The van der Waals surface area contributed by atoms with Gasteiger partial charge in [-0.05, 0) is 31.1 Å². The fourth-order valence-electron chi connectivity index (χ4n) is 1.76. The minimum absolute atomic E-state index is 0.154. The Bertz CT molecular complexity index is 185. The Hall–Kier alpha value is -0.370. The van der Waals surface area contributed by atoms with Crippen LogP contribution in [0.4, 0.5) is 0 Å². The van der Waals surface area contributed by atoms with Crippen LogP contribution in [0.15, 0.2) is 0 Å². The first kappa shape index (κ1) is 11.7. The molecule has 1 saturated carbocycles. The summed E-state index contributed by atoms with van der Waals surface area (Å²) in [5.41, 5.74) is 5.89. The summed E-state index contributed by atoms with van der Waals surface area (Å²) in [6.45, 7) is 4.39. The predicted octanol–water partition coefficient (Wildman–Crippen LogP) is 2.51. The van der Waals surface area contributed by atoms with Gasteiger partial charge in [0.05, 0.1) is 0 Å². The van der Waals surface area contributed by atoms with Crippen LogP contribution < -0.4 is 5.73 Å². The van der Waals surface area contributed by atoms with Crippen molar-refractivity contribution in [2.24, 2.45) is 17.6 Å². The molecule has 1 rings (SSSR count). The molecule has 0 aromatic carbocycles. The Morgan fingerprint density at radius 3 is 2.57 bits per heavy atom. The molecule has 1 aliphatic carbocycles. The van der Waals surface area contributed by atoms with E-state index in [0.717, 1.165) is 19.3 Å². The summed E-state index contributed by atoms with van der Waals surface area (Å²) in [6, 6.07) is 0.154. The van der Waals surface area contributed by atoms with Gasteiger partial charge in [-0.1, -0.05) is 20.3 Å². The molecule has 2 heteroatoms. The number of rotatable bonds is 7. The number of Topliss-reactive ketones (excluding diaryl/α,β-unsaturated/α-hetero) is 1. The molecule has 0 aromatic rings. The number of hydrogen-bond donors (Lipinski definition) is 1. The molecule has 0 saturated heterocycles. The van der Waals surface area contributed by atoms with Crippen molar-refractivity contribution in [3.63, 3.8) is 0 Å². The molecule has 0 bridgehead atoms. The zero-order valence-electron chi connectivity index (χ0n) is 9.46. The van der Waals surface area contributed by atoms with Crippen LogP contribution in [0.1, 0.15) is 52.4 Å². The Morgan fingerprint density at radius 1 is 1.43 bits per heavy atom. The van der Waals surface area contributed by atoms with Gasteiger partial charge in [0.2, 0.25) is 0 Å². The van der Waals surface area contributed by atoms with Crippen LogP contribution >= 0.6 is 0 Å². The number of carbonyl (C=O) groups is 1. The third kappa shape index (κ3) is 4.75. The smallest absolute Gasteiger partial charge is 0.134 e. The fraction of sp³-hybridized carbons (Fsp3) is 0.917.